The Bertz CT molecular complexity index is 544. The van der Waals surface area contributed by atoms with E-state index in [9.17, 15) is 9.59 Å². The van der Waals surface area contributed by atoms with Crippen molar-refractivity contribution < 1.29 is 0 Å². The molecule has 0 spiro atoms. The number of aryl methyl sites for hydroxylation is 1. The summed E-state index contributed by atoms with van der Waals surface area (Å²) in [6.07, 6.45) is 0. The monoisotopic (exact) mass is 191 g/mol. The molecule has 0 unspecified atom stereocenters. The van der Waals surface area contributed by atoms with E-state index in [1.165, 1.54) is 4.68 Å². The maximum absolute atomic E-state index is 11.2. The molecule has 0 saturated heterocycles. The van der Waals surface area contributed by atoms with Crippen molar-refractivity contribution in [1.82, 2.24) is 14.8 Å². The molecule has 1 aromatic heterocycles. The standard InChI is InChI=1S/C9H9N3O2/c1-6-2-4-7(5-3-6)12-9(14)10-8(13)11-12/h2-5H,1H3,(H2,10,11,13,14). The summed E-state index contributed by atoms with van der Waals surface area (Å²) in [5.74, 6) is 0. The molecule has 1 heterocycles. The van der Waals surface area contributed by atoms with Crippen LogP contribution in [0.25, 0.3) is 5.69 Å². The van der Waals surface area contributed by atoms with Gasteiger partial charge in [0, 0.05) is 0 Å². The van der Waals surface area contributed by atoms with Crippen LogP contribution in [-0.2, 0) is 0 Å². The summed E-state index contributed by atoms with van der Waals surface area (Å²) < 4.78 is 1.17. The lowest BCUT2D eigenvalue weighted by molar-refractivity contribution is 0.833. The minimum Gasteiger partial charge on any atom is -0.256 e. The van der Waals surface area contributed by atoms with Crippen molar-refractivity contribution in [2.75, 3.05) is 0 Å². The zero-order chi connectivity index (χ0) is 10.1. The van der Waals surface area contributed by atoms with Gasteiger partial charge in [-0.3, -0.25) is 4.98 Å². The molecule has 2 aromatic rings. The zero-order valence-electron chi connectivity index (χ0n) is 7.57. The molecule has 1 aromatic carbocycles. The number of rotatable bonds is 1. The van der Waals surface area contributed by atoms with Gasteiger partial charge in [-0.15, -0.1) is 0 Å². The van der Waals surface area contributed by atoms with Crippen LogP contribution in [0, 0.1) is 6.92 Å². The highest BCUT2D eigenvalue weighted by molar-refractivity contribution is 5.32. The van der Waals surface area contributed by atoms with E-state index in [0.717, 1.165) is 5.56 Å². The topological polar surface area (TPSA) is 70.7 Å². The molecule has 2 N–H and O–H groups in total. The van der Waals surface area contributed by atoms with Gasteiger partial charge in [-0.25, -0.2) is 19.4 Å². The van der Waals surface area contributed by atoms with E-state index in [0.29, 0.717) is 5.69 Å². The lowest BCUT2D eigenvalue weighted by Gasteiger charge is -1.99. The molecule has 0 amide bonds. The quantitative estimate of drug-likeness (QED) is 0.674. The Hall–Kier alpha value is -2.04. The maximum Gasteiger partial charge on any atom is 0.349 e. The van der Waals surface area contributed by atoms with Crippen molar-refractivity contribution in [3.05, 3.63) is 50.8 Å². The van der Waals surface area contributed by atoms with Gasteiger partial charge in [0.15, 0.2) is 0 Å². The van der Waals surface area contributed by atoms with Gasteiger partial charge in [-0.2, -0.15) is 0 Å². The van der Waals surface area contributed by atoms with Crippen LogP contribution in [0.1, 0.15) is 5.56 Å². The number of nitrogens with one attached hydrogen (secondary N) is 2. The van der Waals surface area contributed by atoms with Crippen molar-refractivity contribution in [1.29, 1.82) is 0 Å². The Labute approximate surface area is 79.0 Å². The van der Waals surface area contributed by atoms with Crippen molar-refractivity contribution in [2.45, 2.75) is 6.92 Å². The van der Waals surface area contributed by atoms with Crippen molar-refractivity contribution in [2.24, 2.45) is 0 Å². The van der Waals surface area contributed by atoms with Crippen LogP contribution in [0.2, 0.25) is 0 Å². The second-order valence-corrected chi connectivity index (χ2v) is 3.04. The van der Waals surface area contributed by atoms with Crippen LogP contribution in [-0.4, -0.2) is 14.8 Å². The van der Waals surface area contributed by atoms with E-state index in [-0.39, 0.29) is 0 Å². The molecule has 0 aliphatic heterocycles. The minimum atomic E-state index is -0.504. The molecular formula is C9H9N3O2. The average Bonchev–Trinajstić information content (AvgIpc) is 2.47. The van der Waals surface area contributed by atoms with Crippen LogP contribution in [0.5, 0.6) is 0 Å². The summed E-state index contributed by atoms with van der Waals surface area (Å²) in [5.41, 5.74) is 0.771. The SMILES string of the molecule is Cc1ccc(-n2[nH]c(=O)[nH]c2=O)cc1. The molecule has 72 valence electrons. The zero-order valence-corrected chi connectivity index (χ0v) is 7.57. The number of aromatic amines is 2. The summed E-state index contributed by atoms with van der Waals surface area (Å²) >= 11 is 0. The number of H-pyrrole nitrogens is 2. The fourth-order valence-electron chi connectivity index (χ4n) is 1.21. The van der Waals surface area contributed by atoms with Gasteiger partial charge in [0.1, 0.15) is 0 Å². The predicted octanol–water partition coefficient (Wildman–Crippen LogP) is 0.162. The summed E-state index contributed by atoms with van der Waals surface area (Å²) in [5, 5.41) is 2.37. The first-order chi connectivity index (χ1) is 6.66. The Morgan fingerprint density at radius 3 is 2.29 bits per heavy atom. The van der Waals surface area contributed by atoms with Crippen LogP contribution in [0.4, 0.5) is 0 Å². The van der Waals surface area contributed by atoms with Gasteiger partial charge in [-0.05, 0) is 19.1 Å². The number of nitrogens with zero attached hydrogens (tertiary/aromatic N) is 1. The summed E-state index contributed by atoms with van der Waals surface area (Å²) in [4.78, 5) is 24.1. The first-order valence-corrected chi connectivity index (χ1v) is 4.15. The van der Waals surface area contributed by atoms with E-state index in [4.69, 9.17) is 0 Å². The molecule has 0 fully saturated rings. The molecule has 0 bridgehead atoms. The Morgan fingerprint density at radius 1 is 1.14 bits per heavy atom. The van der Waals surface area contributed by atoms with E-state index < -0.39 is 11.4 Å². The number of aromatic nitrogens is 3. The summed E-state index contributed by atoms with van der Waals surface area (Å²) in [6.45, 7) is 1.95. The first-order valence-electron chi connectivity index (χ1n) is 4.15. The fraction of sp³-hybridized carbons (Fsp3) is 0.111. The smallest absolute Gasteiger partial charge is 0.256 e. The molecule has 2 rings (SSSR count). The highest BCUT2D eigenvalue weighted by Gasteiger charge is 2.01. The van der Waals surface area contributed by atoms with Gasteiger partial charge >= 0.3 is 11.4 Å². The molecule has 0 saturated carbocycles. The molecule has 0 atom stereocenters. The van der Waals surface area contributed by atoms with Gasteiger partial charge in [0.2, 0.25) is 0 Å². The largest absolute Gasteiger partial charge is 0.349 e. The van der Waals surface area contributed by atoms with E-state index in [1.54, 1.807) is 12.1 Å². The Kier molecular flexibility index (Phi) is 1.85. The van der Waals surface area contributed by atoms with Crippen LogP contribution >= 0.6 is 0 Å². The maximum atomic E-state index is 11.2. The second-order valence-electron chi connectivity index (χ2n) is 3.04. The second kappa shape index (κ2) is 3.02. The third kappa shape index (κ3) is 1.39. The van der Waals surface area contributed by atoms with Crippen LogP contribution in [0.3, 0.4) is 0 Å². The van der Waals surface area contributed by atoms with Crippen molar-refractivity contribution in [3.63, 3.8) is 0 Å². The third-order valence-corrected chi connectivity index (χ3v) is 1.93. The van der Waals surface area contributed by atoms with Gasteiger partial charge in [-0.1, -0.05) is 17.7 Å². The predicted molar refractivity (Wildman–Crippen MR) is 51.7 cm³/mol. The first kappa shape index (κ1) is 8.55. The molecular weight excluding hydrogens is 182 g/mol. The van der Waals surface area contributed by atoms with E-state index in [1.807, 2.05) is 19.1 Å². The number of hydrogen-bond donors (Lipinski definition) is 2. The van der Waals surface area contributed by atoms with E-state index in [2.05, 4.69) is 10.1 Å². The molecule has 0 radical (unpaired) electrons. The average molecular weight is 191 g/mol. The van der Waals surface area contributed by atoms with Crippen LogP contribution < -0.4 is 11.4 Å². The van der Waals surface area contributed by atoms with E-state index >= 15 is 0 Å². The van der Waals surface area contributed by atoms with Crippen molar-refractivity contribution in [3.8, 4) is 5.69 Å². The summed E-state index contributed by atoms with van der Waals surface area (Å²) in [6, 6.07) is 7.27. The van der Waals surface area contributed by atoms with Crippen LogP contribution in [0.15, 0.2) is 33.9 Å². The van der Waals surface area contributed by atoms with Gasteiger partial charge in [0.05, 0.1) is 5.69 Å². The molecule has 5 nitrogen and oxygen atoms in total. The van der Waals surface area contributed by atoms with Crippen molar-refractivity contribution >= 4 is 0 Å². The Morgan fingerprint density at radius 2 is 1.79 bits per heavy atom. The molecule has 5 heteroatoms. The lowest BCUT2D eigenvalue weighted by atomic mass is 10.2. The minimum absolute atomic E-state index is 0.459. The molecule has 14 heavy (non-hydrogen) atoms. The normalized spacial score (nSPS) is 10.4. The summed E-state index contributed by atoms with van der Waals surface area (Å²) in [7, 11) is 0. The molecule has 0 aliphatic rings. The highest BCUT2D eigenvalue weighted by Crippen LogP contribution is 2.04. The number of hydrogen-bond acceptors (Lipinski definition) is 2. The molecule has 0 aliphatic carbocycles. The fourth-order valence-corrected chi connectivity index (χ4v) is 1.21. The highest BCUT2D eigenvalue weighted by atomic mass is 16.2. The lowest BCUT2D eigenvalue weighted by Crippen LogP contribution is -2.15. The van der Waals surface area contributed by atoms with Gasteiger partial charge < -0.3 is 0 Å². The third-order valence-electron chi connectivity index (χ3n) is 1.93. The Balaban J connectivity index is 2.60. The number of benzene rings is 1. The van der Waals surface area contributed by atoms with Gasteiger partial charge in [0.25, 0.3) is 0 Å².